The van der Waals surface area contributed by atoms with E-state index in [0.29, 0.717) is 11.3 Å². The van der Waals surface area contributed by atoms with E-state index in [2.05, 4.69) is 15.3 Å². The van der Waals surface area contributed by atoms with Crippen molar-refractivity contribution in [3.63, 3.8) is 0 Å². The molecule has 1 amide bonds. The number of nitriles is 1. The van der Waals surface area contributed by atoms with E-state index in [1.807, 2.05) is 6.07 Å². The van der Waals surface area contributed by atoms with Crippen molar-refractivity contribution < 1.29 is 13.9 Å². The Morgan fingerprint density at radius 1 is 1.41 bits per heavy atom. The van der Waals surface area contributed by atoms with E-state index in [4.69, 9.17) is 10.00 Å². The minimum Gasteiger partial charge on any atom is -0.447 e. The monoisotopic (exact) mass is 300 g/mol. The molecule has 22 heavy (non-hydrogen) atoms. The zero-order valence-corrected chi connectivity index (χ0v) is 12.0. The number of amides is 1. The molecule has 0 spiro atoms. The van der Waals surface area contributed by atoms with Gasteiger partial charge in [-0.05, 0) is 32.0 Å². The molecular weight excluding hydrogens is 287 g/mol. The Morgan fingerprint density at radius 2 is 2.18 bits per heavy atom. The number of hydrogen-bond acceptors (Lipinski definition) is 5. The second-order valence-corrected chi connectivity index (χ2v) is 4.68. The quantitative estimate of drug-likeness (QED) is 0.941. The number of rotatable bonds is 3. The summed E-state index contributed by atoms with van der Waals surface area (Å²) in [5.41, 5.74) is 1.04. The zero-order valence-electron chi connectivity index (χ0n) is 12.0. The third-order valence-corrected chi connectivity index (χ3v) is 2.58. The topological polar surface area (TPSA) is 87.9 Å². The van der Waals surface area contributed by atoms with Gasteiger partial charge in [-0.25, -0.2) is 14.2 Å². The molecule has 2 heterocycles. The first kappa shape index (κ1) is 15.4. The first-order chi connectivity index (χ1) is 10.5. The van der Waals surface area contributed by atoms with Crippen LogP contribution in [0.5, 0.6) is 0 Å². The van der Waals surface area contributed by atoms with Gasteiger partial charge in [0.2, 0.25) is 0 Å². The second-order valence-electron chi connectivity index (χ2n) is 4.68. The molecule has 0 bridgehead atoms. The van der Waals surface area contributed by atoms with Crippen molar-refractivity contribution in [3.8, 4) is 17.3 Å². The summed E-state index contributed by atoms with van der Waals surface area (Å²) in [6.45, 7) is 3.42. The maximum absolute atomic E-state index is 13.2. The van der Waals surface area contributed by atoms with E-state index in [0.717, 1.165) is 6.20 Å². The molecule has 0 aliphatic heterocycles. The predicted octanol–water partition coefficient (Wildman–Crippen LogP) is 3.11. The predicted molar refractivity (Wildman–Crippen MR) is 77.4 cm³/mol. The fourth-order valence-corrected chi connectivity index (χ4v) is 1.71. The van der Waals surface area contributed by atoms with Crippen LogP contribution in [0.1, 0.15) is 19.5 Å². The van der Waals surface area contributed by atoms with Gasteiger partial charge in [-0.3, -0.25) is 10.3 Å². The summed E-state index contributed by atoms with van der Waals surface area (Å²) < 4.78 is 18.1. The van der Waals surface area contributed by atoms with Gasteiger partial charge in [0.15, 0.2) is 5.69 Å². The van der Waals surface area contributed by atoms with E-state index < -0.39 is 11.9 Å². The normalized spacial score (nSPS) is 10.1. The highest BCUT2D eigenvalue weighted by Crippen LogP contribution is 2.21. The van der Waals surface area contributed by atoms with Gasteiger partial charge in [-0.1, -0.05) is 0 Å². The molecule has 2 aromatic rings. The molecule has 0 saturated heterocycles. The van der Waals surface area contributed by atoms with E-state index in [1.165, 1.54) is 18.3 Å². The van der Waals surface area contributed by atoms with E-state index in [1.54, 1.807) is 19.9 Å². The summed E-state index contributed by atoms with van der Waals surface area (Å²) in [6.07, 6.45) is 1.56. The van der Waals surface area contributed by atoms with Crippen LogP contribution in [0.3, 0.4) is 0 Å². The fourth-order valence-electron chi connectivity index (χ4n) is 1.71. The van der Waals surface area contributed by atoms with Crippen molar-refractivity contribution in [1.82, 2.24) is 9.97 Å². The van der Waals surface area contributed by atoms with Crippen LogP contribution in [0.4, 0.5) is 14.9 Å². The van der Waals surface area contributed by atoms with Crippen LogP contribution in [0.15, 0.2) is 30.6 Å². The summed E-state index contributed by atoms with van der Waals surface area (Å²) in [5.74, 6) is -0.500. The van der Waals surface area contributed by atoms with Crippen molar-refractivity contribution in [3.05, 3.63) is 42.1 Å². The van der Waals surface area contributed by atoms with E-state index in [9.17, 15) is 9.18 Å². The third-order valence-electron chi connectivity index (χ3n) is 2.58. The molecule has 0 radical (unpaired) electrons. The lowest BCUT2D eigenvalue weighted by molar-refractivity contribution is 0.130. The number of halogens is 1. The smallest absolute Gasteiger partial charge is 0.411 e. The zero-order chi connectivity index (χ0) is 16.1. The van der Waals surface area contributed by atoms with Crippen LogP contribution in [0.2, 0.25) is 0 Å². The maximum atomic E-state index is 13.2. The molecule has 0 aliphatic carbocycles. The number of ether oxygens (including phenoxy) is 1. The largest absolute Gasteiger partial charge is 0.447 e. The molecule has 0 unspecified atom stereocenters. The number of hydrogen-bond donors (Lipinski definition) is 1. The lowest BCUT2D eigenvalue weighted by Crippen LogP contribution is -2.18. The van der Waals surface area contributed by atoms with Gasteiger partial charge in [0.05, 0.1) is 23.7 Å². The Morgan fingerprint density at radius 3 is 2.82 bits per heavy atom. The van der Waals surface area contributed by atoms with Crippen LogP contribution < -0.4 is 5.32 Å². The van der Waals surface area contributed by atoms with Gasteiger partial charge in [0.1, 0.15) is 11.9 Å². The lowest BCUT2D eigenvalue weighted by Gasteiger charge is -2.11. The molecule has 1 N–H and O–H groups in total. The average molecular weight is 300 g/mol. The number of carbonyl (C=O) groups is 1. The van der Waals surface area contributed by atoms with Crippen LogP contribution in [-0.2, 0) is 4.74 Å². The fraction of sp³-hybridized carbons (Fsp3) is 0.200. The summed E-state index contributed by atoms with van der Waals surface area (Å²) in [7, 11) is 0. The molecule has 0 aliphatic rings. The van der Waals surface area contributed by atoms with E-state index >= 15 is 0 Å². The Hall–Kier alpha value is -3.01. The molecule has 0 aromatic carbocycles. The summed E-state index contributed by atoms with van der Waals surface area (Å²) in [5, 5.41) is 11.6. The SMILES string of the molecule is CC(C)OC(=O)Nc1ccc(-c2cncc(F)c2)nc1C#N. The van der Waals surface area contributed by atoms with Gasteiger partial charge in [-0.15, -0.1) is 0 Å². The van der Waals surface area contributed by atoms with Gasteiger partial charge < -0.3 is 4.74 Å². The Labute approximate surface area is 126 Å². The van der Waals surface area contributed by atoms with Crippen molar-refractivity contribution in [2.75, 3.05) is 5.32 Å². The minimum atomic E-state index is -0.673. The van der Waals surface area contributed by atoms with Crippen LogP contribution in [0, 0.1) is 17.1 Å². The molecular formula is C15H13FN4O2. The second kappa shape index (κ2) is 6.63. The van der Waals surface area contributed by atoms with Gasteiger partial charge >= 0.3 is 6.09 Å². The Balaban J connectivity index is 2.29. The van der Waals surface area contributed by atoms with Crippen molar-refractivity contribution in [1.29, 1.82) is 5.26 Å². The molecule has 0 atom stereocenters. The van der Waals surface area contributed by atoms with Gasteiger partial charge in [0, 0.05) is 11.8 Å². The third kappa shape index (κ3) is 3.76. The average Bonchev–Trinajstić information content (AvgIpc) is 2.46. The first-order valence-electron chi connectivity index (χ1n) is 6.49. The number of carbonyl (C=O) groups excluding carboxylic acids is 1. The highest BCUT2D eigenvalue weighted by Gasteiger charge is 2.12. The maximum Gasteiger partial charge on any atom is 0.411 e. The summed E-state index contributed by atoms with van der Waals surface area (Å²) in [6, 6.07) is 6.21. The van der Waals surface area contributed by atoms with Crippen molar-refractivity contribution >= 4 is 11.8 Å². The summed E-state index contributed by atoms with van der Waals surface area (Å²) >= 11 is 0. The van der Waals surface area contributed by atoms with Crippen molar-refractivity contribution in [2.24, 2.45) is 0 Å². The van der Waals surface area contributed by atoms with Crippen LogP contribution >= 0.6 is 0 Å². The number of anilines is 1. The molecule has 7 heteroatoms. The molecule has 2 aromatic heterocycles. The van der Waals surface area contributed by atoms with Gasteiger partial charge in [0.25, 0.3) is 0 Å². The molecule has 112 valence electrons. The number of aromatic nitrogens is 2. The standard InChI is InChI=1S/C15H13FN4O2/c1-9(2)22-15(21)20-13-4-3-12(19-14(13)6-17)10-5-11(16)8-18-7-10/h3-5,7-9H,1-2H3,(H,20,21). The van der Waals surface area contributed by atoms with Crippen molar-refractivity contribution in [2.45, 2.75) is 20.0 Å². The summed E-state index contributed by atoms with van der Waals surface area (Å²) in [4.78, 5) is 19.4. The highest BCUT2D eigenvalue weighted by molar-refractivity contribution is 5.86. The molecule has 0 fully saturated rings. The van der Waals surface area contributed by atoms with Crippen LogP contribution in [-0.4, -0.2) is 22.2 Å². The van der Waals surface area contributed by atoms with Gasteiger partial charge in [-0.2, -0.15) is 5.26 Å². The Bertz CT molecular complexity index is 741. The number of pyridine rings is 2. The highest BCUT2D eigenvalue weighted by atomic mass is 19.1. The first-order valence-corrected chi connectivity index (χ1v) is 6.49. The number of nitrogens with zero attached hydrogens (tertiary/aromatic N) is 3. The Kier molecular flexibility index (Phi) is 4.63. The van der Waals surface area contributed by atoms with Crippen LogP contribution in [0.25, 0.3) is 11.3 Å². The minimum absolute atomic E-state index is 0.00228. The molecule has 6 nitrogen and oxygen atoms in total. The lowest BCUT2D eigenvalue weighted by atomic mass is 10.1. The van der Waals surface area contributed by atoms with E-state index in [-0.39, 0.29) is 17.5 Å². The molecule has 2 rings (SSSR count). The molecule has 0 saturated carbocycles. The number of nitrogens with one attached hydrogen (secondary N) is 1.